The van der Waals surface area contributed by atoms with Gasteiger partial charge in [-0.3, -0.25) is 4.79 Å². The lowest BCUT2D eigenvalue weighted by Gasteiger charge is -2.06. The average Bonchev–Trinajstić information content (AvgIpc) is 3.13. The summed E-state index contributed by atoms with van der Waals surface area (Å²) >= 11 is 1.31. The van der Waals surface area contributed by atoms with Crippen LogP contribution in [0.4, 0.5) is 0 Å². The second-order valence-electron chi connectivity index (χ2n) is 4.31. The van der Waals surface area contributed by atoms with Gasteiger partial charge in [0.1, 0.15) is 11.0 Å². The summed E-state index contributed by atoms with van der Waals surface area (Å²) in [5.74, 6) is 0.554. The van der Waals surface area contributed by atoms with Crippen molar-refractivity contribution < 1.29 is 24.1 Å². The summed E-state index contributed by atoms with van der Waals surface area (Å²) in [7, 11) is 1.54. The van der Waals surface area contributed by atoms with Gasteiger partial charge in [-0.1, -0.05) is 0 Å². The minimum atomic E-state index is -1.13. The molecule has 3 N–H and O–H groups in total. The van der Waals surface area contributed by atoms with Crippen LogP contribution in [0.1, 0.15) is 11.7 Å². The first-order valence-corrected chi connectivity index (χ1v) is 6.90. The van der Waals surface area contributed by atoms with Gasteiger partial charge in [0.15, 0.2) is 11.5 Å². The largest absolute Gasteiger partial charge is 0.493 e. The van der Waals surface area contributed by atoms with Crippen molar-refractivity contribution in [3.63, 3.8) is 0 Å². The molecular formula is C13H12N2O5S. The number of methoxy groups -OCH3 is 1. The molecule has 0 saturated heterocycles. The van der Waals surface area contributed by atoms with E-state index in [9.17, 15) is 4.79 Å². The average molecular weight is 308 g/mol. The van der Waals surface area contributed by atoms with Crippen LogP contribution in [0.2, 0.25) is 0 Å². The van der Waals surface area contributed by atoms with Gasteiger partial charge in [0.2, 0.25) is 12.5 Å². The van der Waals surface area contributed by atoms with Crippen molar-refractivity contribution in [2.75, 3.05) is 13.9 Å². The van der Waals surface area contributed by atoms with Crippen molar-refractivity contribution in [2.45, 2.75) is 6.04 Å². The normalized spacial score (nSPS) is 14.0. The minimum absolute atomic E-state index is 0.141. The second kappa shape index (κ2) is 5.23. The predicted molar refractivity (Wildman–Crippen MR) is 74.8 cm³/mol. The molecule has 0 spiro atoms. The number of aromatic nitrogens is 1. The molecule has 21 heavy (non-hydrogen) atoms. The molecule has 1 unspecified atom stereocenters. The van der Waals surface area contributed by atoms with E-state index in [0.717, 1.165) is 5.56 Å². The molecule has 1 aliphatic heterocycles. The van der Waals surface area contributed by atoms with Crippen LogP contribution in [-0.2, 0) is 4.79 Å². The smallest absolute Gasteiger partial charge is 0.326 e. The van der Waals surface area contributed by atoms with Gasteiger partial charge in [0.25, 0.3) is 0 Å². The Morgan fingerprint density at radius 3 is 3.05 bits per heavy atom. The van der Waals surface area contributed by atoms with Crippen LogP contribution in [0, 0.1) is 0 Å². The van der Waals surface area contributed by atoms with Crippen LogP contribution < -0.4 is 19.9 Å². The molecule has 110 valence electrons. The third kappa shape index (κ3) is 2.39. The maximum Gasteiger partial charge on any atom is 0.326 e. The number of aliphatic carboxylic acids is 1. The molecule has 3 rings (SSSR count). The standard InChI is InChI=1S/C13H12N2O5S/c1-18-8-2-6(3-9-11(8)20-5-19-9)12-15-7(4-21-12)10(14)13(16)17/h2-4,10H,5,14H2,1H3,(H,16,17). The number of benzene rings is 1. The van der Waals surface area contributed by atoms with E-state index >= 15 is 0 Å². The predicted octanol–water partition coefficient (Wildman–Crippen LogP) is 1.63. The van der Waals surface area contributed by atoms with Gasteiger partial charge in [-0.25, -0.2) is 4.98 Å². The summed E-state index contributed by atoms with van der Waals surface area (Å²) < 4.78 is 15.9. The van der Waals surface area contributed by atoms with Gasteiger partial charge in [-0.2, -0.15) is 0 Å². The Balaban J connectivity index is 2.00. The maximum absolute atomic E-state index is 10.9. The summed E-state index contributed by atoms with van der Waals surface area (Å²) in [6.45, 7) is 0.141. The molecular weight excluding hydrogens is 296 g/mol. The molecule has 1 aromatic heterocycles. The number of nitrogens with two attached hydrogens (primary N) is 1. The first-order chi connectivity index (χ1) is 10.1. The van der Waals surface area contributed by atoms with E-state index < -0.39 is 12.0 Å². The van der Waals surface area contributed by atoms with E-state index in [0.29, 0.717) is 28.0 Å². The van der Waals surface area contributed by atoms with Crippen LogP contribution in [0.15, 0.2) is 17.5 Å². The SMILES string of the molecule is COc1cc(-c2nc(C(N)C(=O)O)cs2)cc2c1OCO2. The highest BCUT2D eigenvalue weighted by Crippen LogP contribution is 2.44. The number of carbonyl (C=O) groups is 1. The third-order valence-corrected chi connectivity index (χ3v) is 3.92. The highest BCUT2D eigenvalue weighted by atomic mass is 32.1. The molecule has 1 aromatic carbocycles. The molecule has 0 aliphatic carbocycles. The number of carboxylic acid groups (broad SMARTS) is 1. The fourth-order valence-electron chi connectivity index (χ4n) is 1.94. The van der Waals surface area contributed by atoms with E-state index in [4.69, 9.17) is 25.1 Å². The van der Waals surface area contributed by atoms with E-state index in [-0.39, 0.29) is 6.79 Å². The zero-order valence-electron chi connectivity index (χ0n) is 11.0. The number of nitrogens with zero attached hydrogens (tertiary/aromatic N) is 1. The first kappa shape index (κ1) is 13.7. The number of ether oxygens (including phenoxy) is 3. The van der Waals surface area contributed by atoms with Gasteiger partial charge in [-0.15, -0.1) is 11.3 Å². The van der Waals surface area contributed by atoms with E-state index in [1.807, 2.05) is 0 Å². The maximum atomic E-state index is 10.9. The molecule has 1 atom stereocenters. The Labute approximate surface area is 123 Å². The molecule has 2 aromatic rings. The molecule has 0 fully saturated rings. The van der Waals surface area contributed by atoms with Gasteiger partial charge < -0.3 is 25.1 Å². The van der Waals surface area contributed by atoms with Crippen molar-refractivity contribution in [1.82, 2.24) is 4.98 Å². The van der Waals surface area contributed by atoms with Crippen molar-refractivity contribution in [1.29, 1.82) is 0 Å². The van der Waals surface area contributed by atoms with Crippen LogP contribution in [0.5, 0.6) is 17.2 Å². The Kier molecular flexibility index (Phi) is 3.40. The van der Waals surface area contributed by atoms with Crippen LogP contribution in [0.3, 0.4) is 0 Å². The molecule has 2 heterocycles. The third-order valence-electron chi connectivity index (χ3n) is 3.01. The number of carboxylic acids is 1. The van der Waals surface area contributed by atoms with E-state index in [1.165, 1.54) is 18.4 Å². The summed E-state index contributed by atoms with van der Waals surface area (Å²) in [4.78, 5) is 15.1. The van der Waals surface area contributed by atoms with Crippen LogP contribution in [-0.4, -0.2) is 30.0 Å². The number of rotatable bonds is 4. The van der Waals surface area contributed by atoms with Crippen molar-refractivity contribution in [3.8, 4) is 27.8 Å². The van der Waals surface area contributed by atoms with Crippen molar-refractivity contribution in [3.05, 3.63) is 23.2 Å². The molecule has 0 amide bonds. The van der Waals surface area contributed by atoms with Gasteiger partial charge >= 0.3 is 5.97 Å². The molecule has 7 nitrogen and oxygen atoms in total. The lowest BCUT2D eigenvalue weighted by Crippen LogP contribution is -2.20. The summed E-state index contributed by atoms with van der Waals surface area (Å²) in [6.07, 6.45) is 0. The summed E-state index contributed by atoms with van der Waals surface area (Å²) in [5, 5.41) is 11.2. The first-order valence-electron chi connectivity index (χ1n) is 6.02. The fourth-order valence-corrected chi connectivity index (χ4v) is 2.78. The van der Waals surface area contributed by atoms with Gasteiger partial charge in [0.05, 0.1) is 12.8 Å². The number of fused-ring (bicyclic) bond motifs is 1. The lowest BCUT2D eigenvalue weighted by molar-refractivity contribution is -0.138. The number of hydrogen-bond acceptors (Lipinski definition) is 7. The van der Waals surface area contributed by atoms with Crippen LogP contribution in [0.25, 0.3) is 10.6 Å². The van der Waals surface area contributed by atoms with Crippen molar-refractivity contribution in [2.24, 2.45) is 5.73 Å². The summed E-state index contributed by atoms with van der Waals surface area (Å²) in [5.41, 5.74) is 6.62. The Morgan fingerprint density at radius 1 is 1.52 bits per heavy atom. The van der Waals surface area contributed by atoms with Crippen molar-refractivity contribution >= 4 is 17.3 Å². The van der Waals surface area contributed by atoms with E-state index in [2.05, 4.69) is 4.98 Å². The Morgan fingerprint density at radius 2 is 2.33 bits per heavy atom. The second-order valence-corrected chi connectivity index (χ2v) is 5.16. The minimum Gasteiger partial charge on any atom is -0.493 e. The molecule has 0 bridgehead atoms. The number of hydrogen-bond donors (Lipinski definition) is 2. The van der Waals surface area contributed by atoms with E-state index in [1.54, 1.807) is 17.5 Å². The monoisotopic (exact) mass is 308 g/mol. The molecule has 0 radical (unpaired) electrons. The topological polar surface area (TPSA) is 104 Å². The zero-order chi connectivity index (χ0) is 15.0. The van der Waals surface area contributed by atoms with Gasteiger partial charge in [0, 0.05) is 10.9 Å². The molecule has 0 saturated carbocycles. The number of thiazole rings is 1. The lowest BCUT2D eigenvalue weighted by atomic mass is 10.2. The zero-order valence-corrected chi connectivity index (χ0v) is 11.8. The highest BCUT2D eigenvalue weighted by Gasteiger charge is 2.23. The Hall–Kier alpha value is -2.32. The molecule has 1 aliphatic rings. The van der Waals surface area contributed by atoms with Gasteiger partial charge in [-0.05, 0) is 12.1 Å². The highest BCUT2D eigenvalue weighted by molar-refractivity contribution is 7.13. The molecule has 8 heteroatoms. The quantitative estimate of drug-likeness (QED) is 0.884. The van der Waals surface area contributed by atoms with Crippen LogP contribution >= 0.6 is 11.3 Å². The Bertz CT molecular complexity index is 700. The fraction of sp³-hybridized carbons (Fsp3) is 0.231. The summed E-state index contributed by atoms with van der Waals surface area (Å²) in [6, 6.07) is 2.41.